The first kappa shape index (κ1) is 26.1. The minimum Gasteiger partial charge on any atom is -0.397 e. The number of nitrogens with one attached hydrogen (secondary N) is 2. The van der Waals surface area contributed by atoms with Crippen LogP contribution in [-0.4, -0.2) is 28.3 Å². The highest BCUT2D eigenvalue weighted by Gasteiger charge is 2.24. The molecule has 2 aromatic heterocycles. The molecule has 0 aliphatic carbocycles. The van der Waals surface area contributed by atoms with Gasteiger partial charge in [0.05, 0.1) is 21.6 Å². The van der Waals surface area contributed by atoms with Gasteiger partial charge in [0.15, 0.2) is 5.13 Å². The van der Waals surface area contributed by atoms with E-state index < -0.39 is 5.91 Å². The number of rotatable bonds is 9. The van der Waals surface area contributed by atoms with Crippen molar-refractivity contribution < 1.29 is 9.59 Å². The summed E-state index contributed by atoms with van der Waals surface area (Å²) in [5, 5.41) is 3.86. The van der Waals surface area contributed by atoms with Gasteiger partial charge < -0.3 is 16.0 Å². The van der Waals surface area contributed by atoms with Gasteiger partial charge in [0, 0.05) is 30.1 Å². The van der Waals surface area contributed by atoms with E-state index in [2.05, 4.69) is 10.3 Å². The first-order valence-corrected chi connectivity index (χ1v) is 13.7. The molecule has 5 rings (SSSR count). The van der Waals surface area contributed by atoms with E-state index in [0.29, 0.717) is 53.2 Å². The largest absolute Gasteiger partial charge is 0.397 e. The standard InChI is InChI=1S/C30H29N5O3S/c1-19-10-9-15-25-27(19)34-30(39-25)35(29(38)21-18-32-23-13-6-4-11-20(23)28(21)37)17-8-2-3-16-26(36)33-24-14-7-5-12-22(24)31/h4-7,9-15,18H,2-3,8,16-17,31H2,1H3,(H,32,37)(H,33,36). The van der Waals surface area contributed by atoms with E-state index in [4.69, 9.17) is 10.7 Å². The average molecular weight is 540 g/mol. The van der Waals surface area contributed by atoms with E-state index in [1.165, 1.54) is 17.5 Å². The number of anilines is 3. The highest BCUT2D eigenvalue weighted by molar-refractivity contribution is 7.22. The lowest BCUT2D eigenvalue weighted by Gasteiger charge is -2.20. The number of unbranched alkanes of at least 4 members (excludes halogenated alkanes) is 2. The first-order chi connectivity index (χ1) is 18.9. The number of para-hydroxylation sites is 4. The van der Waals surface area contributed by atoms with Gasteiger partial charge in [-0.15, -0.1) is 0 Å². The number of nitrogen functional groups attached to an aromatic ring is 1. The molecule has 198 valence electrons. The SMILES string of the molecule is Cc1cccc2sc(N(CCCCCC(=O)Nc3ccccc3N)C(=O)c3c[nH]c4ccccc4c3=O)nc12. The predicted molar refractivity (Wildman–Crippen MR) is 159 cm³/mol. The van der Waals surface area contributed by atoms with Gasteiger partial charge in [0.2, 0.25) is 11.3 Å². The number of nitrogens with zero attached hydrogens (tertiary/aromatic N) is 2. The number of nitrogens with two attached hydrogens (primary N) is 1. The normalized spacial score (nSPS) is 11.1. The monoisotopic (exact) mass is 539 g/mol. The second-order valence-corrected chi connectivity index (χ2v) is 10.4. The van der Waals surface area contributed by atoms with Crippen molar-refractivity contribution in [3.05, 3.63) is 94.3 Å². The number of carbonyl (C=O) groups excluding carboxylic acids is 2. The Morgan fingerprint density at radius 2 is 1.79 bits per heavy atom. The van der Waals surface area contributed by atoms with Gasteiger partial charge in [-0.1, -0.05) is 54.2 Å². The fourth-order valence-electron chi connectivity index (χ4n) is 4.50. The minimum atomic E-state index is -0.393. The summed E-state index contributed by atoms with van der Waals surface area (Å²) in [5.74, 6) is -0.499. The van der Waals surface area contributed by atoms with Crippen LogP contribution in [0.15, 0.2) is 77.7 Å². The van der Waals surface area contributed by atoms with Crippen LogP contribution in [0.1, 0.15) is 41.6 Å². The fourth-order valence-corrected chi connectivity index (χ4v) is 5.57. The third kappa shape index (κ3) is 5.68. The Labute approximate surface area is 229 Å². The summed E-state index contributed by atoms with van der Waals surface area (Å²) >= 11 is 1.43. The highest BCUT2D eigenvalue weighted by atomic mass is 32.1. The van der Waals surface area contributed by atoms with Crippen LogP contribution >= 0.6 is 11.3 Å². The lowest BCUT2D eigenvalue weighted by atomic mass is 10.1. The third-order valence-electron chi connectivity index (χ3n) is 6.62. The molecule has 8 nitrogen and oxygen atoms in total. The quantitative estimate of drug-likeness (QED) is 0.160. The number of H-pyrrole nitrogens is 1. The van der Waals surface area contributed by atoms with Crippen molar-refractivity contribution in [2.75, 3.05) is 22.5 Å². The third-order valence-corrected chi connectivity index (χ3v) is 7.67. The second-order valence-electron chi connectivity index (χ2n) is 9.40. The average Bonchev–Trinajstić information content (AvgIpc) is 3.37. The number of thiazole rings is 1. The van der Waals surface area contributed by atoms with Gasteiger partial charge >= 0.3 is 0 Å². The maximum absolute atomic E-state index is 13.8. The number of hydrogen-bond donors (Lipinski definition) is 3. The van der Waals surface area contributed by atoms with E-state index in [1.54, 1.807) is 35.2 Å². The zero-order valence-corrected chi connectivity index (χ0v) is 22.4. The molecule has 0 bridgehead atoms. The van der Waals surface area contributed by atoms with Crippen molar-refractivity contribution in [1.82, 2.24) is 9.97 Å². The Balaban J connectivity index is 1.32. The van der Waals surface area contributed by atoms with Gasteiger partial charge in [0.25, 0.3) is 5.91 Å². The lowest BCUT2D eigenvalue weighted by Crippen LogP contribution is -2.35. The van der Waals surface area contributed by atoms with Crippen molar-refractivity contribution >= 4 is 60.8 Å². The zero-order valence-electron chi connectivity index (χ0n) is 21.6. The molecule has 0 unspecified atom stereocenters. The number of hydrogen-bond acceptors (Lipinski definition) is 6. The molecule has 0 saturated heterocycles. The maximum Gasteiger partial charge on any atom is 0.265 e. The molecule has 4 N–H and O–H groups in total. The van der Waals surface area contributed by atoms with Crippen molar-refractivity contribution in [2.45, 2.75) is 32.6 Å². The van der Waals surface area contributed by atoms with Crippen LogP contribution in [0, 0.1) is 6.92 Å². The summed E-state index contributed by atoms with van der Waals surface area (Å²) in [7, 11) is 0. The van der Waals surface area contributed by atoms with Crippen LogP contribution < -0.4 is 21.4 Å². The number of benzene rings is 3. The number of aromatic amines is 1. The molecule has 0 radical (unpaired) electrons. The molecule has 0 spiro atoms. The van der Waals surface area contributed by atoms with Gasteiger partial charge in [-0.3, -0.25) is 19.3 Å². The smallest absolute Gasteiger partial charge is 0.265 e. The number of carbonyl (C=O) groups is 2. The van der Waals surface area contributed by atoms with Gasteiger partial charge in [0.1, 0.15) is 5.56 Å². The Morgan fingerprint density at radius 3 is 2.62 bits per heavy atom. The molecule has 3 aromatic carbocycles. The van der Waals surface area contributed by atoms with Crippen molar-refractivity contribution in [1.29, 1.82) is 0 Å². The van der Waals surface area contributed by atoms with Crippen molar-refractivity contribution in [3.63, 3.8) is 0 Å². The summed E-state index contributed by atoms with van der Waals surface area (Å²) in [6, 6.07) is 20.2. The Hall–Kier alpha value is -4.50. The van der Waals surface area contributed by atoms with E-state index in [-0.39, 0.29) is 16.9 Å². The van der Waals surface area contributed by atoms with Gasteiger partial charge in [-0.2, -0.15) is 0 Å². The predicted octanol–water partition coefficient (Wildman–Crippen LogP) is 5.87. The molecule has 2 heterocycles. The number of amides is 2. The molecule has 5 aromatic rings. The fraction of sp³-hybridized carbons (Fsp3) is 0.200. The molecular formula is C30H29N5O3S. The lowest BCUT2D eigenvalue weighted by molar-refractivity contribution is -0.116. The summed E-state index contributed by atoms with van der Waals surface area (Å²) in [6.45, 7) is 2.36. The number of fused-ring (bicyclic) bond motifs is 2. The van der Waals surface area contributed by atoms with Crippen LogP contribution in [0.3, 0.4) is 0 Å². The molecule has 39 heavy (non-hydrogen) atoms. The van der Waals surface area contributed by atoms with E-state index in [9.17, 15) is 14.4 Å². The highest BCUT2D eigenvalue weighted by Crippen LogP contribution is 2.31. The molecule has 0 fully saturated rings. The molecule has 0 atom stereocenters. The van der Waals surface area contributed by atoms with Crippen LogP contribution in [0.25, 0.3) is 21.1 Å². The molecule has 2 amide bonds. The zero-order chi connectivity index (χ0) is 27.4. The minimum absolute atomic E-state index is 0.0736. The molecule has 0 saturated carbocycles. The van der Waals surface area contributed by atoms with Crippen molar-refractivity contribution in [3.8, 4) is 0 Å². The Kier molecular flexibility index (Phi) is 7.69. The maximum atomic E-state index is 13.8. The summed E-state index contributed by atoms with van der Waals surface area (Å²) < 4.78 is 0.979. The molecule has 0 aliphatic rings. The Bertz CT molecular complexity index is 1730. The number of aromatic nitrogens is 2. The van der Waals surface area contributed by atoms with Crippen LogP contribution in [0.2, 0.25) is 0 Å². The number of aryl methyl sites for hydroxylation is 1. The number of pyridine rings is 1. The summed E-state index contributed by atoms with van der Waals surface area (Å²) in [6.07, 6.45) is 3.84. The summed E-state index contributed by atoms with van der Waals surface area (Å²) in [4.78, 5) is 48.8. The van der Waals surface area contributed by atoms with Gasteiger partial charge in [-0.25, -0.2) is 4.98 Å². The van der Waals surface area contributed by atoms with Crippen molar-refractivity contribution in [2.24, 2.45) is 0 Å². The van der Waals surface area contributed by atoms with E-state index in [1.807, 2.05) is 43.3 Å². The second kappa shape index (κ2) is 11.5. The molecular weight excluding hydrogens is 510 g/mol. The molecule has 0 aliphatic heterocycles. The van der Waals surface area contributed by atoms with Crippen LogP contribution in [0.5, 0.6) is 0 Å². The van der Waals surface area contributed by atoms with E-state index >= 15 is 0 Å². The van der Waals surface area contributed by atoms with Crippen LogP contribution in [-0.2, 0) is 4.79 Å². The molecule has 9 heteroatoms. The van der Waals surface area contributed by atoms with Gasteiger partial charge in [-0.05, 0) is 55.7 Å². The van der Waals surface area contributed by atoms with Crippen LogP contribution in [0.4, 0.5) is 16.5 Å². The topological polar surface area (TPSA) is 121 Å². The van der Waals surface area contributed by atoms with E-state index in [0.717, 1.165) is 22.2 Å². The first-order valence-electron chi connectivity index (χ1n) is 12.8. The summed E-state index contributed by atoms with van der Waals surface area (Å²) in [5.41, 5.74) is 9.34. The Morgan fingerprint density at radius 1 is 1.00 bits per heavy atom.